The summed E-state index contributed by atoms with van der Waals surface area (Å²) >= 11 is 0. The fourth-order valence-corrected chi connectivity index (χ4v) is 2.09. The molecule has 0 saturated heterocycles. The summed E-state index contributed by atoms with van der Waals surface area (Å²) in [6.07, 6.45) is 1.49. The molecule has 0 radical (unpaired) electrons. The molecule has 1 aromatic carbocycles. The molecular weight excluding hydrogens is 270 g/mol. The summed E-state index contributed by atoms with van der Waals surface area (Å²) in [4.78, 5) is 13.6. The van der Waals surface area contributed by atoms with E-state index in [-0.39, 0.29) is 5.91 Å². The van der Waals surface area contributed by atoms with Gasteiger partial charge in [0.25, 0.3) is 5.91 Å². The van der Waals surface area contributed by atoms with E-state index in [0.717, 1.165) is 17.9 Å². The number of amides is 1. The Morgan fingerprint density at radius 1 is 1.29 bits per heavy atom. The van der Waals surface area contributed by atoms with Crippen LogP contribution >= 0.6 is 0 Å². The van der Waals surface area contributed by atoms with E-state index < -0.39 is 0 Å². The minimum atomic E-state index is -0.350. The third-order valence-corrected chi connectivity index (χ3v) is 3.15. The Labute approximate surface area is 123 Å². The normalized spacial score (nSPS) is 10.7. The Morgan fingerprint density at radius 3 is 2.62 bits per heavy atom. The summed E-state index contributed by atoms with van der Waals surface area (Å²) in [5, 5.41) is 0. The molecule has 21 heavy (non-hydrogen) atoms. The maximum Gasteiger partial charge on any atom is 0.268 e. The Morgan fingerprint density at radius 2 is 2.00 bits per heavy atom. The number of nitrogens with two attached hydrogens (primary N) is 1. The van der Waals surface area contributed by atoms with Gasteiger partial charge in [0.15, 0.2) is 0 Å². The van der Waals surface area contributed by atoms with Crippen molar-refractivity contribution in [3.8, 4) is 5.75 Å². The van der Waals surface area contributed by atoms with Gasteiger partial charge >= 0.3 is 0 Å². The van der Waals surface area contributed by atoms with Gasteiger partial charge < -0.3 is 9.15 Å². The van der Waals surface area contributed by atoms with Gasteiger partial charge in [-0.15, -0.1) is 0 Å². The first-order valence-corrected chi connectivity index (χ1v) is 6.53. The van der Waals surface area contributed by atoms with E-state index >= 15 is 0 Å². The minimum Gasteiger partial charge on any atom is -0.497 e. The maximum absolute atomic E-state index is 11.6. The average molecular weight is 289 g/mol. The second-order valence-corrected chi connectivity index (χ2v) is 4.75. The molecule has 6 heteroatoms. The lowest BCUT2D eigenvalue weighted by molar-refractivity contribution is 0.0950. The molecule has 0 atom stereocenters. The van der Waals surface area contributed by atoms with E-state index in [1.807, 2.05) is 36.2 Å². The SMILES string of the molecule is COc1ccc(CN(C)Cc2occc2C(=O)NN)cc1. The number of nitrogens with one attached hydrogen (secondary N) is 1. The number of nitrogens with zero attached hydrogens (tertiary/aromatic N) is 1. The number of carbonyl (C=O) groups is 1. The molecule has 0 aliphatic heterocycles. The quantitative estimate of drug-likeness (QED) is 0.479. The Kier molecular flexibility index (Phi) is 4.97. The summed E-state index contributed by atoms with van der Waals surface area (Å²) in [5.41, 5.74) is 3.72. The number of furan rings is 1. The molecule has 2 rings (SSSR count). The number of carbonyl (C=O) groups excluding carboxylic acids is 1. The van der Waals surface area contributed by atoms with Crippen LogP contribution in [0.2, 0.25) is 0 Å². The van der Waals surface area contributed by atoms with Crippen molar-refractivity contribution in [3.05, 3.63) is 53.5 Å². The molecule has 1 heterocycles. The number of ether oxygens (including phenoxy) is 1. The standard InChI is InChI=1S/C15H19N3O3/c1-18(9-11-3-5-12(20-2)6-4-11)10-14-13(7-8-21-14)15(19)17-16/h3-8H,9-10,16H2,1-2H3,(H,17,19). The van der Waals surface area contributed by atoms with Gasteiger partial charge in [0.1, 0.15) is 11.5 Å². The van der Waals surface area contributed by atoms with E-state index in [4.69, 9.17) is 15.0 Å². The predicted molar refractivity (Wildman–Crippen MR) is 78.5 cm³/mol. The summed E-state index contributed by atoms with van der Waals surface area (Å²) in [6, 6.07) is 9.46. The van der Waals surface area contributed by atoms with Crippen LogP contribution in [0.3, 0.4) is 0 Å². The number of nitrogen functional groups attached to an aromatic ring is 1. The van der Waals surface area contributed by atoms with E-state index in [0.29, 0.717) is 17.9 Å². The van der Waals surface area contributed by atoms with Crippen LogP contribution in [0.15, 0.2) is 41.0 Å². The molecule has 6 nitrogen and oxygen atoms in total. The fourth-order valence-electron chi connectivity index (χ4n) is 2.09. The Hall–Kier alpha value is -2.31. The van der Waals surface area contributed by atoms with Crippen LogP contribution < -0.4 is 16.0 Å². The zero-order chi connectivity index (χ0) is 15.2. The molecule has 0 unspecified atom stereocenters. The van der Waals surface area contributed by atoms with Crippen molar-refractivity contribution >= 4 is 5.91 Å². The highest BCUT2D eigenvalue weighted by Crippen LogP contribution is 2.16. The number of methoxy groups -OCH3 is 1. The molecule has 0 bridgehead atoms. The summed E-state index contributed by atoms with van der Waals surface area (Å²) in [6.45, 7) is 1.25. The van der Waals surface area contributed by atoms with Gasteiger partial charge in [0, 0.05) is 6.54 Å². The highest BCUT2D eigenvalue weighted by Gasteiger charge is 2.15. The second kappa shape index (κ2) is 6.92. The van der Waals surface area contributed by atoms with Crippen molar-refractivity contribution in [3.63, 3.8) is 0 Å². The molecule has 2 aromatic rings. The summed E-state index contributed by atoms with van der Waals surface area (Å²) in [5.74, 6) is 6.22. The lowest BCUT2D eigenvalue weighted by atomic mass is 10.2. The van der Waals surface area contributed by atoms with Crippen LogP contribution in [0, 0.1) is 0 Å². The zero-order valence-corrected chi connectivity index (χ0v) is 12.1. The third-order valence-electron chi connectivity index (χ3n) is 3.15. The number of hydrazine groups is 1. The third kappa shape index (κ3) is 3.84. The molecule has 3 N–H and O–H groups in total. The topological polar surface area (TPSA) is 80.7 Å². The minimum absolute atomic E-state index is 0.350. The van der Waals surface area contributed by atoms with Crippen molar-refractivity contribution in [2.24, 2.45) is 5.84 Å². The number of hydrogen-bond donors (Lipinski definition) is 2. The van der Waals surface area contributed by atoms with Gasteiger partial charge in [-0.1, -0.05) is 12.1 Å². The van der Waals surface area contributed by atoms with Crippen molar-refractivity contribution < 1.29 is 13.9 Å². The van der Waals surface area contributed by atoms with E-state index in [1.165, 1.54) is 6.26 Å². The number of benzene rings is 1. The fraction of sp³-hybridized carbons (Fsp3) is 0.267. The van der Waals surface area contributed by atoms with Gasteiger partial charge in [-0.2, -0.15) is 0 Å². The van der Waals surface area contributed by atoms with E-state index in [9.17, 15) is 4.79 Å². The highest BCUT2D eigenvalue weighted by atomic mass is 16.5. The zero-order valence-electron chi connectivity index (χ0n) is 12.1. The summed E-state index contributed by atoms with van der Waals surface area (Å²) in [7, 11) is 3.60. The van der Waals surface area contributed by atoms with Crippen molar-refractivity contribution in [1.29, 1.82) is 0 Å². The first-order chi connectivity index (χ1) is 10.1. The molecule has 1 aromatic heterocycles. The van der Waals surface area contributed by atoms with Crippen LogP contribution in [0.4, 0.5) is 0 Å². The monoisotopic (exact) mass is 289 g/mol. The van der Waals surface area contributed by atoms with Crippen LogP contribution in [0.25, 0.3) is 0 Å². The van der Waals surface area contributed by atoms with Crippen LogP contribution in [-0.2, 0) is 13.1 Å². The largest absolute Gasteiger partial charge is 0.497 e. The molecule has 0 fully saturated rings. The molecule has 0 aliphatic carbocycles. The smallest absolute Gasteiger partial charge is 0.268 e. The lowest BCUT2D eigenvalue weighted by Gasteiger charge is -2.16. The van der Waals surface area contributed by atoms with Gasteiger partial charge in [-0.3, -0.25) is 15.1 Å². The van der Waals surface area contributed by atoms with Crippen LogP contribution in [0.1, 0.15) is 21.7 Å². The molecule has 112 valence electrons. The van der Waals surface area contributed by atoms with Crippen LogP contribution in [0.5, 0.6) is 5.75 Å². The van der Waals surface area contributed by atoms with Gasteiger partial charge in [0.2, 0.25) is 0 Å². The van der Waals surface area contributed by atoms with Gasteiger partial charge in [-0.25, -0.2) is 5.84 Å². The van der Waals surface area contributed by atoms with E-state index in [2.05, 4.69) is 5.43 Å². The van der Waals surface area contributed by atoms with Gasteiger partial charge in [-0.05, 0) is 30.8 Å². The number of hydrogen-bond acceptors (Lipinski definition) is 5. The van der Waals surface area contributed by atoms with Gasteiger partial charge in [0.05, 0.1) is 25.5 Å². The lowest BCUT2D eigenvalue weighted by Crippen LogP contribution is -2.31. The molecule has 1 amide bonds. The maximum atomic E-state index is 11.6. The predicted octanol–water partition coefficient (Wildman–Crippen LogP) is 1.52. The first kappa shape index (κ1) is 15.1. The van der Waals surface area contributed by atoms with Crippen molar-refractivity contribution in [2.75, 3.05) is 14.2 Å². The molecular formula is C15H19N3O3. The average Bonchev–Trinajstić information content (AvgIpc) is 2.95. The van der Waals surface area contributed by atoms with E-state index in [1.54, 1.807) is 13.2 Å². The summed E-state index contributed by atoms with van der Waals surface area (Å²) < 4.78 is 10.5. The first-order valence-electron chi connectivity index (χ1n) is 6.53. The Bertz CT molecular complexity index is 592. The van der Waals surface area contributed by atoms with Crippen molar-refractivity contribution in [2.45, 2.75) is 13.1 Å². The van der Waals surface area contributed by atoms with Crippen LogP contribution in [-0.4, -0.2) is 25.0 Å². The highest BCUT2D eigenvalue weighted by molar-refractivity contribution is 5.94. The second-order valence-electron chi connectivity index (χ2n) is 4.75. The Balaban J connectivity index is 1.99. The molecule has 0 saturated carbocycles. The molecule has 0 aliphatic rings. The number of rotatable bonds is 6. The molecule has 0 spiro atoms. The van der Waals surface area contributed by atoms with Crippen molar-refractivity contribution in [1.82, 2.24) is 10.3 Å².